The molecule has 0 fully saturated rings. The monoisotopic (exact) mass is 269 g/mol. The normalized spacial score (nSPS) is 9.61. The van der Waals surface area contributed by atoms with Gasteiger partial charge in [-0.15, -0.1) is 0 Å². The molecule has 0 unspecified atom stereocenters. The molecule has 98 valence electrons. The number of carbonyl (C=O) groups excluding carboxylic acids is 2. The molecule has 0 aliphatic rings. The Morgan fingerprint density at radius 1 is 1.22 bits per heavy atom. The van der Waals surface area contributed by atoms with E-state index in [-0.39, 0.29) is 6.03 Å². The average molecular weight is 270 g/mol. The van der Waals surface area contributed by atoms with Crippen molar-refractivity contribution in [1.29, 1.82) is 0 Å². The summed E-state index contributed by atoms with van der Waals surface area (Å²) in [7, 11) is 0. The maximum absolute atomic E-state index is 11.4. The molecule has 1 rings (SSSR count). The topological polar surface area (TPSA) is 70.2 Å². The van der Waals surface area contributed by atoms with Crippen molar-refractivity contribution in [3.63, 3.8) is 0 Å². The van der Waals surface area contributed by atoms with E-state index >= 15 is 0 Å². The molecule has 3 amide bonds. The van der Waals surface area contributed by atoms with Gasteiger partial charge in [0.2, 0.25) is 6.41 Å². The number of urea groups is 1. The van der Waals surface area contributed by atoms with E-state index in [1.54, 1.807) is 6.07 Å². The van der Waals surface area contributed by atoms with Crippen LogP contribution in [0, 0.1) is 0 Å². The number of nitrogens with one attached hydrogen (secondary N) is 3. The van der Waals surface area contributed by atoms with Gasteiger partial charge < -0.3 is 16.0 Å². The SMILES string of the molecule is O=CNCCCNC(=O)NCc1ccccc1Cl. The van der Waals surface area contributed by atoms with Crippen LogP contribution in [-0.2, 0) is 11.3 Å². The maximum atomic E-state index is 11.4. The molecular weight excluding hydrogens is 254 g/mol. The summed E-state index contributed by atoms with van der Waals surface area (Å²) in [5.74, 6) is 0. The van der Waals surface area contributed by atoms with Gasteiger partial charge in [-0.3, -0.25) is 4.79 Å². The van der Waals surface area contributed by atoms with Gasteiger partial charge in [0.15, 0.2) is 0 Å². The molecule has 3 N–H and O–H groups in total. The van der Waals surface area contributed by atoms with E-state index in [1.807, 2.05) is 18.2 Å². The molecule has 1 aromatic rings. The van der Waals surface area contributed by atoms with Crippen LogP contribution in [-0.4, -0.2) is 25.5 Å². The Morgan fingerprint density at radius 2 is 2.00 bits per heavy atom. The fourth-order valence-corrected chi connectivity index (χ4v) is 1.53. The molecule has 5 nitrogen and oxygen atoms in total. The van der Waals surface area contributed by atoms with Crippen molar-refractivity contribution in [3.05, 3.63) is 34.9 Å². The predicted octanol–water partition coefficient (Wildman–Crippen LogP) is 1.28. The Labute approximate surface area is 111 Å². The molecule has 18 heavy (non-hydrogen) atoms. The van der Waals surface area contributed by atoms with Gasteiger partial charge in [-0.2, -0.15) is 0 Å². The molecule has 0 bridgehead atoms. The van der Waals surface area contributed by atoms with E-state index in [0.717, 1.165) is 5.56 Å². The first-order chi connectivity index (χ1) is 8.74. The summed E-state index contributed by atoms with van der Waals surface area (Å²) < 4.78 is 0. The molecule has 0 aliphatic heterocycles. The van der Waals surface area contributed by atoms with E-state index in [9.17, 15) is 9.59 Å². The van der Waals surface area contributed by atoms with Gasteiger partial charge in [-0.1, -0.05) is 29.8 Å². The van der Waals surface area contributed by atoms with E-state index in [4.69, 9.17) is 11.6 Å². The van der Waals surface area contributed by atoms with E-state index < -0.39 is 0 Å². The van der Waals surface area contributed by atoms with Crippen LogP contribution in [0.25, 0.3) is 0 Å². The summed E-state index contributed by atoms with van der Waals surface area (Å²) in [5.41, 5.74) is 0.872. The van der Waals surface area contributed by atoms with Crippen LogP contribution in [0.2, 0.25) is 5.02 Å². The number of benzene rings is 1. The Kier molecular flexibility index (Phi) is 6.64. The number of hydrogen-bond donors (Lipinski definition) is 3. The van der Waals surface area contributed by atoms with Gasteiger partial charge >= 0.3 is 6.03 Å². The van der Waals surface area contributed by atoms with E-state index in [2.05, 4.69) is 16.0 Å². The zero-order valence-electron chi connectivity index (χ0n) is 9.91. The van der Waals surface area contributed by atoms with Crippen LogP contribution in [0.1, 0.15) is 12.0 Å². The summed E-state index contributed by atoms with van der Waals surface area (Å²) >= 11 is 5.96. The second-order valence-corrected chi connectivity index (χ2v) is 4.03. The fourth-order valence-electron chi connectivity index (χ4n) is 1.33. The largest absolute Gasteiger partial charge is 0.359 e. The third-order valence-corrected chi connectivity index (χ3v) is 2.63. The summed E-state index contributed by atoms with van der Waals surface area (Å²) in [6.45, 7) is 1.45. The average Bonchev–Trinajstić information content (AvgIpc) is 2.37. The smallest absolute Gasteiger partial charge is 0.315 e. The quantitative estimate of drug-likeness (QED) is 0.515. The minimum absolute atomic E-state index is 0.249. The molecule has 0 spiro atoms. The molecule has 0 aromatic heterocycles. The van der Waals surface area contributed by atoms with Gasteiger partial charge in [0.1, 0.15) is 0 Å². The van der Waals surface area contributed by atoms with Crippen LogP contribution in [0.5, 0.6) is 0 Å². The second kappa shape index (κ2) is 8.36. The summed E-state index contributed by atoms with van der Waals surface area (Å²) in [6.07, 6.45) is 1.33. The first-order valence-electron chi connectivity index (χ1n) is 5.66. The van der Waals surface area contributed by atoms with Crippen LogP contribution in [0.3, 0.4) is 0 Å². The lowest BCUT2D eigenvalue weighted by molar-refractivity contribution is -0.109. The zero-order valence-corrected chi connectivity index (χ0v) is 10.7. The van der Waals surface area contributed by atoms with Crippen molar-refractivity contribution in [2.75, 3.05) is 13.1 Å². The highest BCUT2D eigenvalue weighted by molar-refractivity contribution is 6.31. The summed E-state index contributed by atoms with van der Waals surface area (Å²) in [5, 5.41) is 8.54. The Morgan fingerprint density at radius 3 is 2.72 bits per heavy atom. The van der Waals surface area contributed by atoms with Crippen LogP contribution >= 0.6 is 11.6 Å². The number of amides is 3. The Hall–Kier alpha value is -1.75. The molecule has 0 aliphatic carbocycles. The highest BCUT2D eigenvalue weighted by atomic mass is 35.5. The molecule has 0 saturated heterocycles. The number of rotatable bonds is 7. The molecule has 0 radical (unpaired) electrons. The lowest BCUT2D eigenvalue weighted by Gasteiger charge is -2.08. The predicted molar refractivity (Wildman–Crippen MR) is 70.4 cm³/mol. The van der Waals surface area contributed by atoms with Crippen molar-refractivity contribution in [1.82, 2.24) is 16.0 Å². The maximum Gasteiger partial charge on any atom is 0.315 e. The van der Waals surface area contributed by atoms with Crippen LogP contribution < -0.4 is 16.0 Å². The van der Waals surface area contributed by atoms with Crippen molar-refractivity contribution < 1.29 is 9.59 Å². The van der Waals surface area contributed by atoms with E-state index in [0.29, 0.717) is 37.5 Å². The van der Waals surface area contributed by atoms with Gasteiger partial charge in [0, 0.05) is 24.7 Å². The number of halogens is 1. The first-order valence-corrected chi connectivity index (χ1v) is 6.04. The minimum Gasteiger partial charge on any atom is -0.359 e. The molecule has 6 heteroatoms. The summed E-state index contributed by atoms with van der Waals surface area (Å²) in [6, 6.07) is 7.09. The van der Waals surface area contributed by atoms with Crippen molar-refractivity contribution >= 4 is 24.0 Å². The number of hydrogen-bond acceptors (Lipinski definition) is 2. The fraction of sp³-hybridized carbons (Fsp3) is 0.333. The van der Waals surface area contributed by atoms with Crippen molar-refractivity contribution in [3.8, 4) is 0 Å². The molecule has 0 heterocycles. The van der Waals surface area contributed by atoms with Crippen molar-refractivity contribution in [2.24, 2.45) is 0 Å². The minimum atomic E-state index is -0.249. The summed E-state index contributed by atoms with van der Waals surface area (Å²) in [4.78, 5) is 21.4. The highest BCUT2D eigenvalue weighted by Gasteiger charge is 2.02. The van der Waals surface area contributed by atoms with Crippen LogP contribution in [0.15, 0.2) is 24.3 Å². The number of carbonyl (C=O) groups is 2. The zero-order chi connectivity index (χ0) is 13.2. The first kappa shape index (κ1) is 14.3. The van der Waals surface area contributed by atoms with Gasteiger partial charge in [-0.25, -0.2) is 4.79 Å². The molecule has 0 saturated carbocycles. The molecular formula is C12H16ClN3O2. The standard InChI is InChI=1S/C12H16ClN3O2/c13-11-5-2-1-4-10(11)8-16-12(18)15-7-3-6-14-9-17/h1-2,4-5,9H,3,6-8H2,(H,14,17)(H2,15,16,18). The third-order valence-electron chi connectivity index (χ3n) is 2.26. The van der Waals surface area contributed by atoms with Gasteiger partial charge in [-0.05, 0) is 18.1 Å². The molecule has 1 aromatic carbocycles. The lowest BCUT2D eigenvalue weighted by Crippen LogP contribution is -2.36. The van der Waals surface area contributed by atoms with Gasteiger partial charge in [0.05, 0.1) is 0 Å². The molecule has 0 atom stereocenters. The lowest BCUT2D eigenvalue weighted by atomic mass is 10.2. The third kappa shape index (κ3) is 5.54. The van der Waals surface area contributed by atoms with Crippen molar-refractivity contribution in [2.45, 2.75) is 13.0 Å². The Bertz CT molecular complexity index is 399. The van der Waals surface area contributed by atoms with E-state index in [1.165, 1.54) is 0 Å². The Balaban J connectivity index is 2.17. The highest BCUT2D eigenvalue weighted by Crippen LogP contribution is 2.13. The van der Waals surface area contributed by atoms with Gasteiger partial charge in [0.25, 0.3) is 0 Å². The second-order valence-electron chi connectivity index (χ2n) is 3.63. The van der Waals surface area contributed by atoms with Crippen LogP contribution in [0.4, 0.5) is 4.79 Å².